The van der Waals surface area contributed by atoms with Crippen molar-refractivity contribution in [3.8, 4) is 11.5 Å². The minimum atomic E-state index is -0.569. The average Bonchev–Trinajstić information content (AvgIpc) is 2.59. The van der Waals surface area contributed by atoms with Crippen LogP contribution in [-0.4, -0.2) is 19.1 Å². The quantitative estimate of drug-likeness (QED) is 0.784. The highest BCUT2D eigenvalue weighted by atomic mass is 16.5. The number of amides is 1. The van der Waals surface area contributed by atoms with Gasteiger partial charge in [0, 0.05) is 0 Å². The monoisotopic (exact) mass is 355 g/mol. The lowest BCUT2D eigenvalue weighted by Gasteiger charge is -2.21. The van der Waals surface area contributed by atoms with Crippen molar-refractivity contribution >= 4 is 11.6 Å². The maximum Gasteiger partial charge on any atom is 0.265 e. The highest BCUT2D eigenvalue weighted by Gasteiger charge is 2.20. The van der Waals surface area contributed by atoms with Crippen LogP contribution < -0.4 is 14.8 Å². The van der Waals surface area contributed by atoms with Gasteiger partial charge in [-0.3, -0.25) is 4.79 Å². The molecule has 0 aliphatic carbocycles. The van der Waals surface area contributed by atoms with Crippen molar-refractivity contribution in [1.29, 1.82) is 0 Å². The minimum Gasteiger partial charge on any atom is -0.495 e. The van der Waals surface area contributed by atoms with Crippen LogP contribution in [0.4, 0.5) is 5.69 Å². The summed E-state index contributed by atoms with van der Waals surface area (Å²) in [5, 5.41) is 2.92. The largest absolute Gasteiger partial charge is 0.495 e. The first kappa shape index (κ1) is 19.8. The van der Waals surface area contributed by atoms with Crippen molar-refractivity contribution in [2.75, 3.05) is 12.4 Å². The Labute approximate surface area is 156 Å². The summed E-state index contributed by atoms with van der Waals surface area (Å²) >= 11 is 0. The van der Waals surface area contributed by atoms with E-state index >= 15 is 0 Å². The van der Waals surface area contributed by atoms with Crippen LogP contribution in [0.15, 0.2) is 42.5 Å². The molecule has 4 heteroatoms. The van der Waals surface area contributed by atoms with Gasteiger partial charge in [-0.1, -0.05) is 45.9 Å². The smallest absolute Gasteiger partial charge is 0.265 e. The van der Waals surface area contributed by atoms with Crippen molar-refractivity contribution in [3.05, 3.63) is 53.6 Å². The SMILES string of the molecule is CC[C@H](Oc1ccc(C(C)(C)C)cc1)C(=O)Nc1cc(C)ccc1OC. The van der Waals surface area contributed by atoms with Crippen LogP contribution in [0.25, 0.3) is 0 Å². The van der Waals surface area contributed by atoms with Gasteiger partial charge in [0.05, 0.1) is 12.8 Å². The van der Waals surface area contributed by atoms with Crippen molar-refractivity contribution in [2.45, 2.75) is 52.6 Å². The van der Waals surface area contributed by atoms with Crippen LogP contribution in [0, 0.1) is 6.92 Å². The molecule has 0 heterocycles. The molecule has 0 aromatic heterocycles. The molecular weight excluding hydrogens is 326 g/mol. The van der Waals surface area contributed by atoms with E-state index in [4.69, 9.17) is 9.47 Å². The number of methoxy groups -OCH3 is 1. The Kier molecular flexibility index (Phi) is 6.30. The average molecular weight is 355 g/mol. The fourth-order valence-electron chi connectivity index (χ4n) is 2.65. The Balaban J connectivity index is 2.11. The Morgan fingerprint density at radius 2 is 1.77 bits per heavy atom. The summed E-state index contributed by atoms with van der Waals surface area (Å²) in [5.41, 5.74) is 3.02. The van der Waals surface area contributed by atoms with Gasteiger partial charge in [0.1, 0.15) is 11.5 Å². The lowest BCUT2D eigenvalue weighted by Crippen LogP contribution is -2.32. The molecule has 0 aliphatic heterocycles. The Morgan fingerprint density at radius 3 is 2.31 bits per heavy atom. The fraction of sp³-hybridized carbons (Fsp3) is 0.409. The van der Waals surface area contributed by atoms with Gasteiger partial charge >= 0.3 is 0 Å². The van der Waals surface area contributed by atoms with Crippen molar-refractivity contribution < 1.29 is 14.3 Å². The number of hydrogen-bond acceptors (Lipinski definition) is 3. The molecule has 1 N–H and O–H groups in total. The van der Waals surface area contributed by atoms with Crippen molar-refractivity contribution in [1.82, 2.24) is 0 Å². The molecule has 26 heavy (non-hydrogen) atoms. The van der Waals surface area contributed by atoms with Crippen molar-refractivity contribution in [2.24, 2.45) is 0 Å². The number of aryl methyl sites for hydroxylation is 1. The number of nitrogens with one attached hydrogen (secondary N) is 1. The second kappa shape index (κ2) is 8.26. The van der Waals surface area contributed by atoms with E-state index in [9.17, 15) is 4.79 Å². The van der Waals surface area contributed by atoms with Crippen LogP contribution in [0.5, 0.6) is 11.5 Å². The van der Waals surface area contributed by atoms with Gasteiger partial charge in [0.2, 0.25) is 0 Å². The molecule has 0 radical (unpaired) electrons. The van der Waals surface area contributed by atoms with Gasteiger partial charge < -0.3 is 14.8 Å². The molecule has 0 bridgehead atoms. The molecule has 0 unspecified atom stereocenters. The maximum atomic E-state index is 12.7. The van der Waals surface area contributed by atoms with E-state index in [2.05, 4.69) is 26.1 Å². The van der Waals surface area contributed by atoms with Crippen LogP contribution >= 0.6 is 0 Å². The molecule has 0 saturated heterocycles. The van der Waals surface area contributed by atoms with Crippen LogP contribution in [0.3, 0.4) is 0 Å². The Bertz CT molecular complexity index is 745. The molecule has 2 aromatic carbocycles. The predicted molar refractivity (Wildman–Crippen MR) is 106 cm³/mol. The number of hydrogen-bond donors (Lipinski definition) is 1. The minimum absolute atomic E-state index is 0.0851. The first-order valence-corrected chi connectivity index (χ1v) is 8.97. The van der Waals surface area contributed by atoms with Gasteiger partial charge in [-0.15, -0.1) is 0 Å². The predicted octanol–water partition coefficient (Wildman–Crippen LogP) is 5.10. The van der Waals surface area contributed by atoms with Gasteiger partial charge in [-0.05, 0) is 54.2 Å². The molecule has 1 atom stereocenters. The summed E-state index contributed by atoms with van der Waals surface area (Å²) in [7, 11) is 1.59. The summed E-state index contributed by atoms with van der Waals surface area (Å²) in [4.78, 5) is 12.7. The van der Waals surface area contributed by atoms with E-state index < -0.39 is 6.10 Å². The van der Waals surface area contributed by atoms with Gasteiger partial charge in [0.15, 0.2) is 6.10 Å². The number of ether oxygens (including phenoxy) is 2. The molecule has 2 rings (SSSR count). The number of carbonyl (C=O) groups is 1. The zero-order valence-electron chi connectivity index (χ0n) is 16.6. The molecule has 0 saturated carbocycles. The van der Waals surface area contributed by atoms with Crippen LogP contribution in [0.2, 0.25) is 0 Å². The molecule has 0 aliphatic rings. The normalized spacial score (nSPS) is 12.4. The third kappa shape index (κ3) is 5.01. The summed E-state index contributed by atoms with van der Waals surface area (Å²) in [6, 6.07) is 13.6. The van der Waals surface area contributed by atoms with Gasteiger partial charge in [0.25, 0.3) is 5.91 Å². The zero-order chi connectivity index (χ0) is 19.3. The standard InChI is InChI=1S/C22H29NO3/c1-7-19(26-17-11-9-16(10-12-17)22(3,4)5)21(24)23-18-14-15(2)8-13-20(18)25-6/h8-14,19H,7H2,1-6H3,(H,23,24)/t19-/m0/s1. The second-order valence-corrected chi connectivity index (χ2v) is 7.48. The number of rotatable bonds is 6. The lowest BCUT2D eigenvalue weighted by atomic mass is 9.87. The van der Waals surface area contributed by atoms with Gasteiger partial charge in [-0.25, -0.2) is 0 Å². The number of anilines is 1. The van der Waals surface area contributed by atoms with E-state index in [-0.39, 0.29) is 11.3 Å². The molecule has 2 aromatic rings. The summed E-state index contributed by atoms with van der Waals surface area (Å²) in [5.74, 6) is 1.14. The third-order valence-electron chi connectivity index (χ3n) is 4.27. The van der Waals surface area contributed by atoms with E-state index in [0.717, 1.165) is 5.56 Å². The fourth-order valence-corrected chi connectivity index (χ4v) is 2.65. The Morgan fingerprint density at radius 1 is 1.12 bits per heavy atom. The van der Waals surface area contributed by atoms with E-state index in [0.29, 0.717) is 23.6 Å². The first-order valence-electron chi connectivity index (χ1n) is 8.97. The maximum absolute atomic E-state index is 12.7. The summed E-state index contributed by atoms with van der Waals surface area (Å²) in [6.45, 7) is 10.4. The highest BCUT2D eigenvalue weighted by molar-refractivity contribution is 5.95. The molecular formula is C22H29NO3. The Hall–Kier alpha value is -2.49. The molecule has 4 nitrogen and oxygen atoms in total. The lowest BCUT2D eigenvalue weighted by molar-refractivity contribution is -0.122. The zero-order valence-corrected chi connectivity index (χ0v) is 16.6. The van der Waals surface area contributed by atoms with E-state index in [1.165, 1.54) is 5.56 Å². The molecule has 1 amide bonds. The second-order valence-electron chi connectivity index (χ2n) is 7.48. The van der Waals surface area contributed by atoms with Crippen molar-refractivity contribution in [3.63, 3.8) is 0 Å². The first-order chi connectivity index (χ1) is 12.2. The molecule has 0 fully saturated rings. The number of carbonyl (C=O) groups excluding carboxylic acids is 1. The number of benzene rings is 2. The van der Waals surface area contributed by atoms with E-state index in [1.807, 2.05) is 56.3 Å². The summed E-state index contributed by atoms with van der Waals surface area (Å²) < 4.78 is 11.2. The van der Waals surface area contributed by atoms with E-state index in [1.54, 1.807) is 7.11 Å². The highest BCUT2D eigenvalue weighted by Crippen LogP contribution is 2.27. The molecule has 140 valence electrons. The third-order valence-corrected chi connectivity index (χ3v) is 4.27. The topological polar surface area (TPSA) is 47.6 Å². The summed E-state index contributed by atoms with van der Waals surface area (Å²) in [6.07, 6.45) is 0.00163. The van der Waals surface area contributed by atoms with Crippen LogP contribution in [0.1, 0.15) is 45.2 Å². The van der Waals surface area contributed by atoms with Crippen LogP contribution in [-0.2, 0) is 10.2 Å². The molecule has 0 spiro atoms. The van der Waals surface area contributed by atoms with Gasteiger partial charge in [-0.2, -0.15) is 0 Å².